The average molecular weight is 442 g/mol. The molecule has 1 aliphatic rings. The van der Waals surface area contributed by atoms with Crippen LogP contribution in [0.1, 0.15) is 67.2 Å². The molecule has 32 heavy (non-hydrogen) atoms. The van der Waals surface area contributed by atoms with E-state index in [0.717, 1.165) is 29.2 Å². The third kappa shape index (κ3) is 4.34. The van der Waals surface area contributed by atoms with Crippen molar-refractivity contribution in [1.82, 2.24) is 5.32 Å². The maximum absolute atomic E-state index is 4.84. The first kappa shape index (κ1) is 22.3. The molecule has 1 N–H and O–H groups in total. The van der Waals surface area contributed by atoms with Gasteiger partial charge in [0.1, 0.15) is 6.17 Å². The minimum Gasteiger partial charge on any atom is -0.320 e. The van der Waals surface area contributed by atoms with E-state index in [0.29, 0.717) is 0 Å². The summed E-state index contributed by atoms with van der Waals surface area (Å²) in [5.74, 6) is 0. The van der Waals surface area contributed by atoms with Crippen molar-refractivity contribution in [1.29, 1.82) is 0 Å². The van der Waals surface area contributed by atoms with Crippen LogP contribution in [-0.4, -0.2) is 5.71 Å². The van der Waals surface area contributed by atoms with Crippen LogP contribution in [0.3, 0.4) is 0 Å². The van der Waals surface area contributed by atoms with Crippen molar-refractivity contribution >= 4 is 34.1 Å². The van der Waals surface area contributed by atoms with Crippen LogP contribution in [0, 0.1) is 0 Å². The zero-order chi connectivity index (χ0) is 22.7. The molecule has 0 saturated heterocycles. The Kier molecular flexibility index (Phi) is 6.73. The number of fused-ring (bicyclic) bond motifs is 1. The largest absolute Gasteiger partial charge is 0.320 e. The molecule has 1 aliphatic heterocycles. The second-order valence-electron chi connectivity index (χ2n) is 8.11. The molecule has 2 heterocycles. The summed E-state index contributed by atoms with van der Waals surface area (Å²) in [6, 6.07) is 23.7. The fourth-order valence-corrected chi connectivity index (χ4v) is 5.19. The van der Waals surface area contributed by atoms with E-state index in [1.54, 1.807) is 11.3 Å². The number of aliphatic imine (C=N–C) groups is 1. The highest BCUT2D eigenvalue weighted by Crippen LogP contribution is 2.42. The number of benzene rings is 2. The maximum Gasteiger partial charge on any atom is 0.120 e. The predicted molar refractivity (Wildman–Crippen MR) is 140 cm³/mol. The molecule has 3 nitrogen and oxygen atoms in total. The molecule has 2 unspecified atom stereocenters. The lowest BCUT2D eigenvalue weighted by molar-refractivity contribution is 0.487. The highest BCUT2D eigenvalue weighted by atomic mass is 32.1. The van der Waals surface area contributed by atoms with Crippen LogP contribution in [0.25, 0.3) is 11.4 Å². The Bertz CT molecular complexity index is 1160. The molecule has 2 atom stereocenters. The first-order valence-corrected chi connectivity index (χ1v) is 12.0. The molecular weight excluding hydrogens is 410 g/mol. The van der Waals surface area contributed by atoms with Crippen molar-refractivity contribution < 1.29 is 0 Å². The summed E-state index contributed by atoms with van der Waals surface area (Å²) in [5.41, 5.74) is 6.78. The molecule has 2 aromatic carbocycles. The first-order valence-electron chi connectivity index (χ1n) is 11.2. The third-order valence-electron chi connectivity index (χ3n) is 5.97. The van der Waals surface area contributed by atoms with Gasteiger partial charge in [0.05, 0.1) is 10.6 Å². The van der Waals surface area contributed by atoms with E-state index in [2.05, 4.69) is 117 Å². The highest BCUT2D eigenvalue weighted by Gasteiger charge is 2.32. The quantitative estimate of drug-likeness (QED) is 0.409. The zero-order valence-corrected chi connectivity index (χ0v) is 20.1. The molecular formula is C28H31N3S. The van der Waals surface area contributed by atoms with Crippen LogP contribution in [-0.2, 0) is 0 Å². The number of para-hydroxylation sites is 1. The molecule has 0 fully saturated rings. The van der Waals surface area contributed by atoms with E-state index in [-0.39, 0.29) is 12.2 Å². The number of nitrogens with zero attached hydrogens (tertiary/aromatic N) is 2. The Labute approximate surface area is 195 Å². The fourth-order valence-electron chi connectivity index (χ4n) is 4.11. The lowest BCUT2D eigenvalue weighted by atomic mass is 10.00. The Morgan fingerprint density at radius 1 is 1.09 bits per heavy atom. The van der Waals surface area contributed by atoms with Crippen molar-refractivity contribution in [3.63, 3.8) is 0 Å². The van der Waals surface area contributed by atoms with Crippen molar-refractivity contribution in [2.75, 3.05) is 4.90 Å². The smallest absolute Gasteiger partial charge is 0.120 e. The standard InChI is InChI=1S/C28H31N3S/c1-6-19(3)29-25(7-2)26-17-18-27(32-26)28-30-20(4)23-15-11-12-16-24(23)21(5)31(28)22-13-9-8-10-14-22/h7-18,20,28,30H,5-6H2,1-4H3/b25-7-,29-19+. The van der Waals surface area contributed by atoms with Gasteiger partial charge in [-0.3, -0.25) is 10.3 Å². The van der Waals surface area contributed by atoms with Gasteiger partial charge in [-0.1, -0.05) is 62.0 Å². The average Bonchev–Trinajstić information content (AvgIpc) is 3.28. The summed E-state index contributed by atoms with van der Waals surface area (Å²) >= 11 is 1.79. The van der Waals surface area contributed by atoms with Gasteiger partial charge in [0.2, 0.25) is 0 Å². The lowest BCUT2D eigenvalue weighted by Crippen LogP contribution is -2.35. The van der Waals surface area contributed by atoms with Gasteiger partial charge in [0, 0.05) is 33.6 Å². The summed E-state index contributed by atoms with van der Waals surface area (Å²) in [6.07, 6.45) is 3.03. The van der Waals surface area contributed by atoms with Crippen molar-refractivity contribution in [2.24, 2.45) is 4.99 Å². The van der Waals surface area contributed by atoms with Crippen LogP contribution in [0.2, 0.25) is 0 Å². The van der Waals surface area contributed by atoms with Crippen LogP contribution < -0.4 is 10.2 Å². The number of thiophene rings is 1. The molecule has 0 aliphatic carbocycles. The molecule has 0 bridgehead atoms. The first-order chi connectivity index (χ1) is 15.5. The van der Waals surface area contributed by atoms with Gasteiger partial charge in [-0.15, -0.1) is 11.3 Å². The number of anilines is 1. The molecule has 3 aromatic rings. The van der Waals surface area contributed by atoms with Crippen molar-refractivity contribution in [3.8, 4) is 0 Å². The van der Waals surface area contributed by atoms with Gasteiger partial charge in [-0.25, -0.2) is 0 Å². The van der Waals surface area contributed by atoms with Crippen LogP contribution in [0.5, 0.6) is 0 Å². The monoisotopic (exact) mass is 441 g/mol. The number of hydrogen-bond donors (Lipinski definition) is 1. The van der Waals surface area contributed by atoms with Gasteiger partial charge >= 0.3 is 0 Å². The van der Waals surface area contributed by atoms with Crippen LogP contribution >= 0.6 is 11.3 Å². The van der Waals surface area contributed by atoms with Gasteiger partial charge in [0.15, 0.2) is 0 Å². The topological polar surface area (TPSA) is 27.6 Å². The van der Waals surface area contributed by atoms with Crippen molar-refractivity contribution in [2.45, 2.75) is 46.3 Å². The van der Waals surface area contributed by atoms with E-state index in [9.17, 15) is 0 Å². The minimum atomic E-state index is -0.0274. The summed E-state index contributed by atoms with van der Waals surface area (Å²) in [6.45, 7) is 13.1. The number of hydrogen-bond acceptors (Lipinski definition) is 4. The predicted octanol–water partition coefficient (Wildman–Crippen LogP) is 7.82. The zero-order valence-electron chi connectivity index (χ0n) is 19.3. The minimum absolute atomic E-state index is 0.0274. The fraction of sp³-hybridized carbons (Fsp3) is 0.250. The SMILES string of the molecule is C=C1c2ccccc2C(C)NC(c2ccc(C(=C/C)/N=C(\C)CC)s2)N1c1ccccc1. The van der Waals surface area contributed by atoms with Gasteiger partial charge in [-0.2, -0.15) is 0 Å². The lowest BCUT2D eigenvalue weighted by Gasteiger charge is -2.34. The number of allylic oxidation sites excluding steroid dienone is 1. The molecule has 4 rings (SSSR count). The molecule has 164 valence electrons. The summed E-state index contributed by atoms with van der Waals surface area (Å²) in [5, 5.41) is 3.87. The van der Waals surface area contributed by atoms with E-state index < -0.39 is 0 Å². The number of nitrogens with one attached hydrogen (secondary N) is 1. The normalized spacial score (nSPS) is 19.6. The Morgan fingerprint density at radius 3 is 2.53 bits per heavy atom. The Morgan fingerprint density at radius 2 is 1.81 bits per heavy atom. The van der Waals surface area contributed by atoms with Crippen LogP contribution in [0.15, 0.2) is 84.4 Å². The van der Waals surface area contributed by atoms with E-state index in [4.69, 9.17) is 4.99 Å². The molecule has 4 heteroatoms. The van der Waals surface area contributed by atoms with Gasteiger partial charge < -0.3 is 4.90 Å². The summed E-state index contributed by atoms with van der Waals surface area (Å²) < 4.78 is 0. The van der Waals surface area contributed by atoms with E-state index >= 15 is 0 Å². The maximum atomic E-state index is 4.84. The Hall–Kier alpha value is -2.95. The molecule has 0 radical (unpaired) electrons. The van der Waals surface area contributed by atoms with Crippen LogP contribution in [0.4, 0.5) is 5.69 Å². The Balaban J connectivity index is 1.80. The molecule has 0 amide bonds. The molecule has 0 spiro atoms. The van der Waals surface area contributed by atoms with Gasteiger partial charge in [-0.05, 0) is 57.0 Å². The molecule has 1 aromatic heterocycles. The van der Waals surface area contributed by atoms with E-state index in [1.807, 2.05) is 0 Å². The summed E-state index contributed by atoms with van der Waals surface area (Å²) in [4.78, 5) is 9.59. The van der Waals surface area contributed by atoms with Crippen molar-refractivity contribution in [3.05, 3.63) is 100 Å². The summed E-state index contributed by atoms with van der Waals surface area (Å²) in [7, 11) is 0. The second-order valence-corrected chi connectivity index (χ2v) is 9.22. The second kappa shape index (κ2) is 9.68. The van der Waals surface area contributed by atoms with Gasteiger partial charge in [0.25, 0.3) is 0 Å². The highest BCUT2D eigenvalue weighted by molar-refractivity contribution is 7.13. The van der Waals surface area contributed by atoms with E-state index in [1.165, 1.54) is 20.9 Å². The number of rotatable bonds is 5. The molecule has 0 saturated carbocycles. The third-order valence-corrected chi connectivity index (χ3v) is 7.13.